The Morgan fingerprint density at radius 1 is 1.38 bits per heavy atom. The molecule has 1 atom stereocenters. The first kappa shape index (κ1) is 17.1. The first-order chi connectivity index (χ1) is 12.7. The molecule has 4 heterocycles. The summed E-state index contributed by atoms with van der Waals surface area (Å²) >= 11 is 1.68. The van der Waals surface area contributed by atoms with Gasteiger partial charge in [-0.25, -0.2) is 0 Å². The predicted octanol–water partition coefficient (Wildman–Crippen LogP) is 3.61. The lowest BCUT2D eigenvalue weighted by Gasteiger charge is -2.25. The van der Waals surface area contributed by atoms with Crippen LogP contribution in [0.25, 0.3) is 10.6 Å². The van der Waals surface area contributed by atoms with Crippen LogP contribution in [0.1, 0.15) is 40.0 Å². The van der Waals surface area contributed by atoms with E-state index in [0.717, 1.165) is 29.4 Å². The van der Waals surface area contributed by atoms with E-state index in [1.807, 2.05) is 18.2 Å². The number of hydrogen-bond acceptors (Lipinski definition) is 5. The van der Waals surface area contributed by atoms with E-state index in [1.165, 1.54) is 17.7 Å². The fourth-order valence-corrected chi connectivity index (χ4v) is 4.20. The number of furan rings is 1. The maximum absolute atomic E-state index is 12.5. The maximum atomic E-state index is 12.5. The Morgan fingerprint density at radius 3 is 2.92 bits per heavy atom. The van der Waals surface area contributed by atoms with Crippen molar-refractivity contribution in [1.82, 2.24) is 20.4 Å². The van der Waals surface area contributed by atoms with Gasteiger partial charge < -0.3 is 9.73 Å². The first-order valence-electron chi connectivity index (χ1n) is 8.88. The molecule has 0 aliphatic carbocycles. The molecule has 3 aromatic rings. The zero-order valence-electron chi connectivity index (χ0n) is 14.7. The van der Waals surface area contributed by atoms with Crippen molar-refractivity contribution in [2.24, 2.45) is 0 Å². The molecule has 0 aromatic carbocycles. The molecule has 4 rings (SSSR count). The highest BCUT2D eigenvalue weighted by atomic mass is 32.1. The molecular weight excluding hydrogens is 348 g/mol. The minimum absolute atomic E-state index is 0.0646. The Hall–Kier alpha value is -2.38. The zero-order chi connectivity index (χ0) is 17.9. The van der Waals surface area contributed by atoms with E-state index in [2.05, 4.69) is 33.4 Å². The quantitative estimate of drug-likeness (QED) is 0.695. The van der Waals surface area contributed by atoms with Crippen LogP contribution in [0.15, 0.2) is 41.0 Å². The van der Waals surface area contributed by atoms with Crippen molar-refractivity contribution in [2.75, 3.05) is 19.6 Å². The molecule has 1 amide bonds. The number of amides is 1. The Bertz CT molecular complexity index is 862. The number of likely N-dealkylation sites (tertiary alicyclic amines) is 1. The van der Waals surface area contributed by atoms with Gasteiger partial charge in [0.25, 0.3) is 5.91 Å². The van der Waals surface area contributed by atoms with Gasteiger partial charge in [-0.1, -0.05) is 0 Å². The summed E-state index contributed by atoms with van der Waals surface area (Å²) in [4.78, 5) is 17.2. The number of H-pyrrole nitrogens is 1. The number of thiophene rings is 1. The Labute approximate surface area is 156 Å². The Morgan fingerprint density at radius 2 is 2.23 bits per heavy atom. The normalized spacial score (nSPS) is 16.0. The molecule has 0 radical (unpaired) electrons. The van der Waals surface area contributed by atoms with Gasteiger partial charge in [-0.3, -0.25) is 14.8 Å². The molecule has 136 valence electrons. The molecule has 26 heavy (non-hydrogen) atoms. The summed E-state index contributed by atoms with van der Waals surface area (Å²) in [6, 6.07) is 9.83. The summed E-state index contributed by atoms with van der Waals surface area (Å²) in [6.07, 6.45) is 4.06. The lowest BCUT2D eigenvalue weighted by molar-refractivity contribution is 0.0928. The molecule has 6 nitrogen and oxygen atoms in total. The number of carbonyl (C=O) groups is 1. The third kappa shape index (κ3) is 3.59. The van der Waals surface area contributed by atoms with Crippen molar-refractivity contribution in [2.45, 2.75) is 25.8 Å². The molecule has 0 saturated carbocycles. The number of aromatic nitrogens is 2. The van der Waals surface area contributed by atoms with Crippen molar-refractivity contribution in [1.29, 1.82) is 0 Å². The fraction of sp³-hybridized carbons (Fsp3) is 0.368. The van der Waals surface area contributed by atoms with E-state index in [0.29, 0.717) is 12.2 Å². The standard InChI is InChI=1S/C19H22N4O2S/c1-13-6-7-18(26-13)14-11-15(22-21-14)19(24)20-12-16(17-5-4-10-25-17)23-8-2-3-9-23/h4-7,10-11,16H,2-3,8-9,12H2,1H3,(H,20,24)(H,21,22)/t16-/m0/s1. The average molecular weight is 370 g/mol. The van der Waals surface area contributed by atoms with Crippen LogP contribution in [0.4, 0.5) is 0 Å². The van der Waals surface area contributed by atoms with Crippen LogP contribution in [-0.2, 0) is 0 Å². The van der Waals surface area contributed by atoms with Gasteiger partial charge in [0, 0.05) is 11.4 Å². The molecule has 7 heteroatoms. The van der Waals surface area contributed by atoms with Crippen LogP contribution < -0.4 is 5.32 Å². The smallest absolute Gasteiger partial charge is 0.271 e. The molecule has 0 spiro atoms. The number of nitrogens with one attached hydrogen (secondary N) is 2. The lowest BCUT2D eigenvalue weighted by atomic mass is 10.2. The summed E-state index contributed by atoms with van der Waals surface area (Å²) in [5.41, 5.74) is 1.28. The molecule has 1 saturated heterocycles. The molecule has 1 fully saturated rings. The van der Waals surface area contributed by atoms with E-state index >= 15 is 0 Å². The highest BCUT2D eigenvalue weighted by Crippen LogP contribution is 2.27. The van der Waals surface area contributed by atoms with E-state index in [-0.39, 0.29) is 11.9 Å². The number of hydrogen-bond donors (Lipinski definition) is 2. The summed E-state index contributed by atoms with van der Waals surface area (Å²) in [5.74, 6) is 0.723. The first-order valence-corrected chi connectivity index (χ1v) is 9.70. The van der Waals surface area contributed by atoms with Crippen molar-refractivity contribution in [3.63, 3.8) is 0 Å². The second-order valence-electron chi connectivity index (χ2n) is 6.56. The van der Waals surface area contributed by atoms with Gasteiger partial charge >= 0.3 is 0 Å². The number of aromatic amines is 1. The van der Waals surface area contributed by atoms with Gasteiger partial charge in [0.15, 0.2) is 5.69 Å². The Kier molecular flexibility index (Phi) is 4.90. The largest absolute Gasteiger partial charge is 0.468 e. The molecule has 0 unspecified atom stereocenters. The molecule has 1 aliphatic heterocycles. The predicted molar refractivity (Wildman–Crippen MR) is 101 cm³/mol. The van der Waals surface area contributed by atoms with E-state index in [4.69, 9.17) is 4.42 Å². The summed E-state index contributed by atoms with van der Waals surface area (Å²) in [7, 11) is 0. The van der Waals surface area contributed by atoms with E-state index in [9.17, 15) is 4.79 Å². The van der Waals surface area contributed by atoms with Crippen LogP contribution in [0.5, 0.6) is 0 Å². The summed E-state index contributed by atoms with van der Waals surface area (Å²) < 4.78 is 5.60. The topological polar surface area (TPSA) is 74.2 Å². The SMILES string of the molecule is Cc1ccc(-c2cc(C(=O)NC[C@@H](c3ccco3)N3CCCC3)n[nH]2)s1. The molecule has 0 bridgehead atoms. The second kappa shape index (κ2) is 7.47. The van der Waals surface area contributed by atoms with Crippen LogP contribution in [0, 0.1) is 6.92 Å². The van der Waals surface area contributed by atoms with E-state index in [1.54, 1.807) is 23.7 Å². The van der Waals surface area contributed by atoms with Crippen molar-refractivity contribution >= 4 is 17.2 Å². The van der Waals surface area contributed by atoms with Crippen LogP contribution >= 0.6 is 11.3 Å². The third-order valence-electron chi connectivity index (χ3n) is 4.73. The van der Waals surface area contributed by atoms with Crippen molar-refractivity contribution in [3.05, 3.63) is 52.9 Å². The zero-order valence-corrected chi connectivity index (χ0v) is 15.5. The van der Waals surface area contributed by atoms with Crippen LogP contribution in [0.3, 0.4) is 0 Å². The third-order valence-corrected chi connectivity index (χ3v) is 5.76. The summed E-state index contributed by atoms with van der Waals surface area (Å²) in [5, 5.41) is 10.1. The Balaban J connectivity index is 1.43. The van der Waals surface area contributed by atoms with Gasteiger partial charge in [0.05, 0.1) is 22.9 Å². The monoisotopic (exact) mass is 370 g/mol. The maximum Gasteiger partial charge on any atom is 0.271 e. The van der Waals surface area contributed by atoms with Gasteiger partial charge in [-0.15, -0.1) is 11.3 Å². The number of carbonyl (C=O) groups excluding carboxylic acids is 1. The number of aryl methyl sites for hydroxylation is 1. The van der Waals surface area contributed by atoms with E-state index < -0.39 is 0 Å². The minimum Gasteiger partial charge on any atom is -0.468 e. The summed E-state index contributed by atoms with van der Waals surface area (Å²) in [6.45, 7) is 4.63. The molecule has 2 N–H and O–H groups in total. The average Bonchev–Trinajstić information content (AvgIpc) is 3.42. The molecule has 1 aliphatic rings. The highest BCUT2D eigenvalue weighted by Gasteiger charge is 2.26. The minimum atomic E-state index is -0.170. The van der Waals surface area contributed by atoms with Crippen molar-refractivity contribution < 1.29 is 9.21 Å². The number of nitrogens with zero attached hydrogens (tertiary/aromatic N) is 2. The van der Waals surface area contributed by atoms with Crippen LogP contribution in [-0.4, -0.2) is 40.6 Å². The fourth-order valence-electron chi connectivity index (χ4n) is 3.37. The molecular formula is C19H22N4O2S. The van der Waals surface area contributed by atoms with Gasteiger partial charge in [0.1, 0.15) is 5.76 Å². The van der Waals surface area contributed by atoms with Gasteiger partial charge in [-0.05, 0) is 63.2 Å². The molecule has 3 aromatic heterocycles. The highest BCUT2D eigenvalue weighted by molar-refractivity contribution is 7.15. The van der Waals surface area contributed by atoms with Crippen molar-refractivity contribution in [3.8, 4) is 10.6 Å². The van der Waals surface area contributed by atoms with Crippen LogP contribution in [0.2, 0.25) is 0 Å². The van der Waals surface area contributed by atoms with Gasteiger partial charge in [-0.2, -0.15) is 5.10 Å². The van der Waals surface area contributed by atoms with Gasteiger partial charge in [0.2, 0.25) is 0 Å². The number of rotatable bonds is 6. The lowest BCUT2D eigenvalue weighted by Crippen LogP contribution is -2.36. The second-order valence-corrected chi connectivity index (χ2v) is 7.85.